The van der Waals surface area contributed by atoms with E-state index in [1.54, 1.807) is 0 Å². The van der Waals surface area contributed by atoms with Crippen LogP contribution in [0.5, 0.6) is 0 Å². The van der Waals surface area contributed by atoms with E-state index in [0.29, 0.717) is 0 Å². The Balaban J connectivity index is 1.73. The Kier molecular flexibility index (Phi) is 2.38. The molecule has 1 aliphatic carbocycles. The standard InChI is InChI=1S/C14H25NO/c1-13(2,3)16-14(7-8-14)11-6-10-15-9-4-5-12(11)15/h11-12H,4-10H2,1-3H3. The lowest BCUT2D eigenvalue weighted by Gasteiger charge is -2.34. The molecule has 0 bridgehead atoms. The molecule has 0 spiro atoms. The first kappa shape index (κ1) is 11.0. The summed E-state index contributed by atoms with van der Waals surface area (Å²) in [6.07, 6.45) is 6.81. The van der Waals surface area contributed by atoms with Crippen LogP contribution in [-0.2, 0) is 4.74 Å². The van der Waals surface area contributed by atoms with Gasteiger partial charge in [0.1, 0.15) is 0 Å². The first-order valence-corrected chi connectivity index (χ1v) is 6.94. The molecule has 0 aromatic heterocycles. The van der Waals surface area contributed by atoms with Crippen molar-refractivity contribution < 1.29 is 4.74 Å². The lowest BCUT2D eigenvalue weighted by Crippen LogP contribution is -2.40. The molecule has 2 aliphatic heterocycles. The van der Waals surface area contributed by atoms with E-state index in [-0.39, 0.29) is 11.2 Å². The van der Waals surface area contributed by atoms with Crippen LogP contribution in [-0.4, -0.2) is 35.2 Å². The van der Waals surface area contributed by atoms with Gasteiger partial charge in [0.2, 0.25) is 0 Å². The van der Waals surface area contributed by atoms with Gasteiger partial charge in [-0.25, -0.2) is 0 Å². The van der Waals surface area contributed by atoms with Crippen molar-refractivity contribution in [3.63, 3.8) is 0 Å². The summed E-state index contributed by atoms with van der Waals surface area (Å²) in [6, 6.07) is 0.852. The van der Waals surface area contributed by atoms with Crippen LogP contribution in [0.15, 0.2) is 0 Å². The van der Waals surface area contributed by atoms with E-state index < -0.39 is 0 Å². The second-order valence-electron chi connectivity index (χ2n) is 6.92. The average Bonchev–Trinajstić information content (AvgIpc) is 2.60. The number of rotatable bonds is 2. The van der Waals surface area contributed by atoms with Crippen LogP contribution in [0.25, 0.3) is 0 Å². The molecule has 2 unspecified atom stereocenters. The molecule has 0 N–H and O–H groups in total. The van der Waals surface area contributed by atoms with Gasteiger partial charge in [0, 0.05) is 12.0 Å². The third-order valence-corrected chi connectivity index (χ3v) is 4.53. The van der Waals surface area contributed by atoms with E-state index in [9.17, 15) is 0 Å². The molecule has 0 radical (unpaired) electrons. The molecule has 16 heavy (non-hydrogen) atoms. The molecular formula is C14H25NO. The van der Waals surface area contributed by atoms with Gasteiger partial charge in [-0.15, -0.1) is 0 Å². The molecular weight excluding hydrogens is 198 g/mol. The Labute approximate surface area is 99.3 Å². The first-order valence-electron chi connectivity index (χ1n) is 6.94. The third-order valence-electron chi connectivity index (χ3n) is 4.53. The SMILES string of the molecule is CC(C)(C)OC1(C2CCN3CCCC23)CC1. The maximum Gasteiger partial charge on any atom is 0.0735 e. The Morgan fingerprint density at radius 3 is 2.50 bits per heavy atom. The van der Waals surface area contributed by atoms with Gasteiger partial charge in [0.25, 0.3) is 0 Å². The third kappa shape index (κ3) is 1.80. The Morgan fingerprint density at radius 2 is 1.88 bits per heavy atom. The average molecular weight is 223 g/mol. The minimum Gasteiger partial charge on any atom is -0.369 e. The monoisotopic (exact) mass is 223 g/mol. The molecule has 0 aromatic rings. The van der Waals surface area contributed by atoms with E-state index in [1.807, 2.05) is 0 Å². The highest BCUT2D eigenvalue weighted by molar-refractivity contribution is 5.10. The van der Waals surface area contributed by atoms with Gasteiger partial charge in [-0.3, -0.25) is 4.90 Å². The minimum atomic E-state index is 0.0303. The molecule has 1 saturated carbocycles. The van der Waals surface area contributed by atoms with Crippen molar-refractivity contribution in [1.82, 2.24) is 4.90 Å². The summed E-state index contributed by atoms with van der Waals surface area (Å²) in [5.74, 6) is 0.828. The molecule has 2 nitrogen and oxygen atoms in total. The van der Waals surface area contributed by atoms with E-state index in [4.69, 9.17) is 4.74 Å². The van der Waals surface area contributed by atoms with E-state index in [1.165, 1.54) is 45.2 Å². The zero-order valence-electron chi connectivity index (χ0n) is 11.0. The van der Waals surface area contributed by atoms with Crippen molar-refractivity contribution in [2.45, 2.75) is 70.1 Å². The molecule has 2 heterocycles. The molecule has 92 valence electrons. The fourth-order valence-corrected chi connectivity index (χ4v) is 3.98. The summed E-state index contributed by atoms with van der Waals surface area (Å²) in [5.41, 5.74) is 0.296. The number of hydrogen-bond donors (Lipinski definition) is 0. The van der Waals surface area contributed by atoms with Gasteiger partial charge in [0.05, 0.1) is 11.2 Å². The van der Waals surface area contributed by atoms with Crippen molar-refractivity contribution in [1.29, 1.82) is 0 Å². The molecule has 3 fully saturated rings. The van der Waals surface area contributed by atoms with Gasteiger partial charge < -0.3 is 4.74 Å². The lowest BCUT2D eigenvalue weighted by atomic mass is 9.89. The van der Waals surface area contributed by atoms with Crippen molar-refractivity contribution in [3.05, 3.63) is 0 Å². The van der Waals surface area contributed by atoms with Crippen molar-refractivity contribution >= 4 is 0 Å². The predicted molar refractivity (Wildman–Crippen MR) is 65.5 cm³/mol. The first-order chi connectivity index (χ1) is 7.50. The van der Waals surface area contributed by atoms with Crippen molar-refractivity contribution in [2.24, 2.45) is 5.92 Å². The smallest absolute Gasteiger partial charge is 0.0735 e. The van der Waals surface area contributed by atoms with E-state index >= 15 is 0 Å². The summed E-state index contributed by atoms with van der Waals surface area (Å²) in [7, 11) is 0. The van der Waals surface area contributed by atoms with Gasteiger partial charge in [0.15, 0.2) is 0 Å². The molecule has 0 amide bonds. The largest absolute Gasteiger partial charge is 0.369 e. The molecule has 3 aliphatic rings. The lowest BCUT2D eigenvalue weighted by molar-refractivity contribution is -0.107. The number of ether oxygens (including phenoxy) is 1. The van der Waals surface area contributed by atoms with Crippen LogP contribution in [0.4, 0.5) is 0 Å². The summed E-state index contributed by atoms with van der Waals surface area (Å²) >= 11 is 0. The molecule has 0 aromatic carbocycles. The van der Waals surface area contributed by atoms with Crippen LogP contribution >= 0.6 is 0 Å². The van der Waals surface area contributed by atoms with Gasteiger partial charge in [-0.2, -0.15) is 0 Å². The fraction of sp³-hybridized carbons (Fsp3) is 1.00. The van der Waals surface area contributed by atoms with Crippen LogP contribution in [0.1, 0.15) is 52.9 Å². The molecule has 2 atom stereocenters. The Morgan fingerprint density at radius 1 is 1.12 bits per heavy atom. The van der Waals surface area contributed by atoms with Crippen molar-refractivity contribution in [3.8, 4) is 0 Å². The van der Waals surface area contributed by atoms with E-state index in [2.05, 4.69) is 25.7 Å². The Bertz CT molecular complexity index is 277. The highest BCUT2D eigenvalue weighted by atomic mass is 16.5. The maximum atomic E-state index is 6.40. The minimum absolute atomic E-state index is 0.0303. The normalized spacial score (nSPS) is 37.7. The molecule has 2 saturated heterocycles. The van der Waals surface area contributed by atoms with Gasteiger partial charge in [-0.1, -0.05) is 0 Å². The summed E-state index contributed by atoms with van der Waals surface area (Å²) in [4.78, 5) is 2.71. The fourth-order valence-electron chi connectivity index (χ4n) is 3.98. The highest BCUT2D eigenvalue weighted by Crippen LogP contribution is 2.54. The Hall–Kier alpha value is -0.0800. The molecule has 3 rings (SSSR count). The summed E-state index contributed by atoms with van der Waals surface area (Å²) < 4.78 is 6.40. The van der Waals surface area contributed by atoms with Crippen LogP contribution in [0.2, 0.25) is 0 Å². The van der Waals surface area contributed by atoms with Crippen molar-refractivity contribution in [2.75, 3.05) is 13.1 Å². The highest BCUT2D eigenvalue weighted by Gasteiger charge is 2.58. The summed E-state index contributed by atoms with van der Waals surface area (Å²) in [5, 5.41) is 0. The predicted octanol–water partition coefficient (Wildman–Crippen LogP) is 2.82. The number of hydrogen-bond acceptors (Lipinski definition) is 2. The topological polar surface area (TPSA) is 12.5 Å². The number of nitrogens with zero attached hydrogens (tertiary/aromatic N) is 1. The number of fused-ring (bicyclic) bond motifs is 1. The molecule has 2 heteroatoms. The van der Waals surface area contributed by atoms with Gasteiger partial charge >= 0.3 is 0 Å². The van der Waals surface area contributed by atoms with E-state index in [0.717, 1.165) is 12.0 Å². The van der Waals surface area contributed by atoms with Crippen LogP contribution < -0.4 is 0 Å². The van der Waals surface area contributed by atoms with Gasteiger partial charge in [-0.05, 0) is 66.0 Å². The van der Waals surface area contributed by atoms with Crippen LogP contribution in [0, 0.1) is 5.92 Å². The van der Waals surface area contributed by atoms with Crippen LogP contribution in [0.3, 0.4) is 0 Å². The quantitative estimate of drug-likeness (QED) is 0.714. The zero-order chi connectivity index (χ0) is 11.4. The zero-order valence-corrected chi connectivity index (χ0v) is 11.0. The second-order valence-corrected chi connectivity index (χ2v) is 6.92. The summed E-state index contributed by atoms with van der Waals surface area (Å²) in [6.45, 7) is 9.27. The maximum absolute atomic E-state index is 6.40. The second kappa shape index (κ2) is 3.46.